The highest BCUT2D eigenvalue weighted by Crippen LogP contribution is 2.25. The third kappa shape index (κ3) is 5.21. The summed E-state index contributed by atoms with van der Waals surface area (Å²) >= 11 is 1.54. The highest BCUT2D eigenvalue weighted by atomic mass is 32.2. The van der Waals surface area contributed by atoms with Crippen molar-refractivity contribution in [3.05, 3.63) is 54.1 Å². The zero-order valence-electron chi connectivity index (χ0n) is 12.2. The van der Waals surface area contributed by atoms with Gasteiger partial charge in [-0.15, -0.1) is 24.9 Å². The van der Waals surface area contributed by atoms with E-state index in [1.54, 1.807) is 23.9 Å². The summed E-state index contributed by atoms with van der Waals surface area (Å²) < 4.78 is 40.1. The minimum absolute atomic E-state index is 0.314. The number of benzene rings is 2. The van der Waals surface area contributed by atoms with Gasteiger partial charge in [-0.05, 0) is 42.2 Å². The van der Waals surface area contributed by atoms with Crippen molar-refractivity contribution >= 4 is 23.4 Å². The smallest absolute Gasteiger partial charge is 0.406 e. The second-order valence-electron chi connectivity index (χ2n) is 4.46. The van der Waals surface area contributed by atoms with E-state index in [9.17, 15) is 18.0 Å². The van der Waals surface area contributed by atoms with E-state index < -0.39 is 6.36 Å². The number of halogens is 3. The van der Waals surface area contributed by atoms with Gasteiger partial charge in [-0.3, -0.25) is 4.79 Å². The Kier molecular flexibility index (Phi) is 5.54. The van der Waals surface area contributed by atoms with Gasteiger partial charge < -0.3 is 10.1 Å². The molecule has 0 radical (unpaired) electrons. The molecular weight excluding hydrogens is 327 g/mol. The molecule has 2 aromatic rings. The van der Waals surface area contributed by atoms with Crippen molar-refractivity contribution in [1.29, 1.82) is 0 Å². The van der Waals surface area contributed by atoms with E-state index in [4.69, 9.17) is 0 Å². The summed E-state index contributed by atoms with van der Waals surface area (Å²) in [5, 5.41) is 2.66. The van der Waals surface area contributed by atoms with Crippen LogP contribution in [0.3, 0.4) is 0 Å². The number of hydrogen-bond acceptors (Lipinski definition) is 3. The van der Waals surface area contributed by atoms with Crippen LogP contribution in [0.15, 0.2) is 53.4 Å². The molecule has 2 rings (SSSR count). The second-order valence-corrected chi connectivity index (χ2v) is 5.76. The van der Waals surface area contributed by atoms with Gasteiger partial charge in [0.25, 0.3) is 5.91 Å². The lowest BCUT2D eigenvalue weighted by atomic mass is 10.2. The van der Waals surface area contributed by atoms with E-state index in [0.29, 0.717) is 11.3 Å². The fraction of sp³-hybridized carbons (Fsp3) is 0.188. The number of carbonyl (C=O) groups excluding carboxylic acids is 1. The van der Waals surface area contributed by atoms with Gasteiger partial charge in [-0.2, -0.15) is 0 Å². The van der Waals surface area contributed by atoms with Gasteiger partial charge >= 0.3 is 6.36 Å². The first kappa shape index (κ1) is 17.2. The lowest BCUT2D eigenvalue weighted by Crippen LogP contribution is -2.17. The maximum absolute atomic E-state index is 12.3. The van der Waals surface area contributed by atoms with Crippen molar-refractivity contribution in [3.63, 3.8) is 0 Å². The number of hydrogen-bond donors (Lipinski definition) is 1. The summed E-state index contributed by atoms with van der Waals surface area (Å²) in [7, 11) is 0. The van der Waals surface area contributed by atoms with Gasteiger partial charge in [0.05, 0.1) is 5.56 Å². The number of amides is 1. The number of nitrogens with one attached hydrogen (secondary N) is 1. The molecule has 0 atom stereocenters. The minimum Gasteiger partial charge on any atom is -0.406 e. The molecule has 0 saturated heterocycles. The monoisotopic (exact) mass is 341 g/mol. The lowest BCUT2D eigenvalue weighted by Gasteiger charge is -2.11. The van der Waals surface area contributed by atoms with E-state index in [1.807, 2.05) is 19.1 Å². The average Bonchev–Trinajstić information content (AvgIpc) is 2.48. The van der Waals surface area contributed by atoms with Crippen molar-refractivity contribution in [3.8, 4) is 5.75 Å². The Morgan fingerprint density at radius 2 is 1.78 bits per heavy atom. The van der Waals surface area contributed by atoms with Gasteiger partial charge in [0.2, 0.25) is 0 Å². The first-order valence-electron chi connectivity index (χ1n) is 6.78. The Bertz CT molecular complexity index is 672. The molecule has 0 aliphatic rings. The van der Waals surface area contributed by atoms with Gasteiger partial charge in [0.1, 0.15) is 5.75 Å². The van der Waals surface area contributed by atoms with Crippen molar-refractivity contribution in [2.24, 2.45) is 0 Å². The average molecular weight is 341 g/mol. The maximum Gasteiger partial charge on any atom is 0.573 e. The SMILES string of the molecule is CCSc1ccccc1C(=O)Nc1ccc(OC(F)(F)F)cc1. The van der Waals surface area contributed by atoms with Crippen molar-refractivity contribution in [2.75, 3.05) is 11.1 Å². The third-order valence-corrected chi connectivity index (χ3v) is 3.73. The normalized spacial score (nSPS) is 11.1. The van der Waals surface area contributed by atoms with E-state index in [0.717, 1.165) is 22.8 Å². The molecule has 0 aliphatic heterocycles. The van der Waals surface area contributed by atoms with E-state index >= 15 is 0 Å². The molecule has 0 aliphatic carbocycles. The topological polar surface area (TPSA) is 38.3 Å². The number of anilines is 1. The molecule has 2 aromatic carbocycles. The van der Waals surface area contributed by atoms with Crippen LogP contribution in [0.2, 0.25) is 0 Å². The largest absolute Gasteiger partial charge is 0.573 e. The molecule has 1 N–H and O–H groups in total. The predicted octanol–water partition coefficient (Wildman–Crippen LogP) is 4.95. The molecule has 0 aromatic heterocycles. The summed E-state index contributed by atoms with van der Waals surface area (Å²) in [5.41, 5.74) is 0.913. The minimum atomic E-state index is -4.74. The van der Waals surface area contributed by atoms with Crippen LogP contribution in [0.5, 0.6) is 5.75 Å². The van der Waals surface area contributed by atoms with Crippen LogP contribution in [0.1, 0.15) is 17.3 Å². The quantitative estimate of drug-likeness (QED) is 0.782. The molecule has 23 heavy (non-hydrogen) atoms. The van der Waals surface area contributed by atoms with Crippen LogP contribution in [0, 0.1) is 0 Å². The number of ether oxygens (including phenoxy) is 1. The zero-order valence-corrected chi connectivity index (χ0v) is 13.0. The lowest BCUT2D eigenvalue weighted by molar-refractivity contribution is -0.274. The van der Waals surface area contributed by atoms with Crippen LogP contribution in [-0.4, -0.2) is 18.0 Å². The number of rotatable bonds is 5. The van der Waals surface area contributed by atoms with Crippen LogP contribution in [-0.2, 0) is 0 Å². The highest BCUT2D eigenvalue weighted by Gasteiger charge is 2.30. The number of alkyl halides is 3. The van der Waals surface area contributed by atoms with Crippen LogP contribution in [0.4, 0.5) is 18.9 Å². The van der Waals surface area contributed by atoms with E-state index in [-0.39, 0.29) is 11.7 Å². The van der Waals surface area contributed by atoms with Gasteiger partial charge in [0.15, 0.2) is 0 Å². The fourth-order valence-corrected chi connectivity index (χ4v) is 2.68. The number of thioether (sulfide) groups is 1. The van der Waals surface area contributed by atoms with Crippen LogP contribution >= 0.6 is 11.8 Å². The van der Waals surface area contributed by atoms with Crippen molar-refractivity contribution < 1.29 is 22.7 Å². The molecule has 0 unspecified atom stereocenters. The fourth-order valence-electron chi connectivity index (χ4n) is 1.87. The highest BCUT2D eigenvalue weighted by molar-refractivity contribution is 7.99. The Morgan fingerprint density at radius 1 is 1.13 bits per heavy atom. The molecule has 7 heteroatoms. The first-order valence-corrected chi connectivity index (χ1v) is 7.76. The Balaban J connectivity index is 2.09. The number of carbonyl (C=O) groups is 1. The molecule has 0 fully saturated rings. The molecule has 0 saturated carbocycles. The van der Waals surface area contributed by atoms with Crippen molar-refractivity contribution in [1.82, 2.24) is 0 Å². The second kappa shape index (κ2) is 7.41. The van der Waals surface area contributed by atoms with Crippen molar-refractivity contribution in [2.45, 2.75) is 18.2 Å². The molecule has 3 nitrogen and oxygen atoms in total. The van der Waals surface area contributed by atoms with Crippen LogP contribution in [0.25, 0.3) is 0 Å². The zero-order chi connectivity index (χ0) is 16.9. The summed E-state index contributed by atoms with van der Waals surface area (Å²) in [6.45, 7) is 1.98. The third-order valence-electron chi connectivity index (χ3n) is 2.78. The molecule has 122 valence electrons. The molecule has 0 bridgehead atoms. The maximum atomic E-state index is 12.3. The molecule has 0 spiro atoms. The summed E-state index contributed by atoms with van der Waals surface area (Å²) in [4.78, 5) is 13.1. The van der Waals surface area contributed by atoms with Crippen LogP contribution < -0.4 is 10.1 Å². The molecule has 1 amide bonds. The van der Waals surface area contributed by atoms with E-state index in [1.165, 1.54) is 12.1 Å². The molecular formula is C16H14F3NO2S. The summed E-state index contributed by atoms with van der Waals surface area (Å²) in [5.74, 6) is 0.178. The standard InChI is InChI=1S/C16H14F3NO2S/c1-2-23-14-6-4-3-5-13(14)15(21)20-11-7-9-12(10-8-11)22-16(17,18)19/h3-10H,2H2,1H3,(H,20,21). The predicted molar refractivity (Wildman–Crippen MR) is 83.9 cm³/mol. The Morgan fingerprint density at radius 3 is 2.39 bits per heavy atom. The first-order chi connectivity index (χ1) is 10.9. The summed E-state index contributed by atoms with van der Waals surface area (Å²) in [6, 6.07) is 12.2. The Labute approximate surface area is 135 Å². The molecule has 0 heterocycles. The van der Waals surface area contributed by atoms with Gasteiger partial charge in [0, 0.05) is 10.6 Å². The van der Waals surface area contributed by atoms with Gasteiger partial charge in [-0.25, -0.2) is 0 Å². The van der Waals surface area contributed by atoms with E-state index in [2.05, 4.69) is 10.1 Å². The summed E-state index contributed by atoms with van der Waals surface area (Å²) in [6.07, 6.45) is -4.74. The Hall–Kier alpha value is -2.15. The van der Waals surface area contributed by atoms with Gasteiger partial charge in [-0.1, -0.05) is 19.1 Å².